The molecule has 2 N–H and O–H groups in total. The van der Waals surface area contributed by atoms with Gasteiger partial charge in [0.25, 0.3) is 11.5 Å². The maximum Gasteiger partial charge on any atom is 0.328 e. The van der Waals surface area contributed by atoms with Crippen LogP contribution in [0, 0.1) is 11.8 Å². The normalized spacial score (nSPS) is 20.3. The van der Waals surface area contributed by atoms with Crippen LogP contribution in [0.15, 0.2) is 27.8 Å². The summed E-state index contributed by atoms with van der Waals surface area (Å²) in [5.41, 5.74) is -0.301. The van der Waals surface area contributed by atoms with Gasteiger partial charge in [-0.15, -0.1) is 0 Å². The predicted molar refractivity (Wildman–Crippen MR) is 95.3 cm³/mol. The Balaban J connectivity index is 1.97. The zero-order valence-corrected chi connectivity index (χ0v) is 14.7. The number of aliphatic carboxylic acids is 1. The number of aromatic amines is 1. The predicted octanol–water partition coefficient (Wildman–Crippen LogP) is 0.892. The highest BCUT2D eigenvalue weighted by molar-refractivity contribution is 5.98. The van der Waals surface area contributed by atoms with Crippen molar-refractivity contribution in [1.29, 1.82) is 0 Å². The van der Waals surface area contributed by atoms with E-state index in [1.165, 1.54) is 17.0 Å². The van der Waals surface area contributed by atoms with Gasteiger partial charge in [-0.25, -0.2) is 4.79 Å². The highest BCUT2D eigenvalue weighted by Crippen LogP contribution is 2.23. The fraction of sp³-hybridized carbons (Fsp3) is 0.444. The highest BCUT2D eigenvalue weighted by atomic mass is 16.4. The van der Waals surface area contributed by atoms with Crippen LogP contribution in [0.2, 0.25) is 0 Å². The second-order valence-electron chi connectivity index (χ2n) is 6.83. The molecule has 2 aromatic rings. The van der Waals surface area contributed by atoms with Gasteiger partial charge in [-0.3, -0.25) is 19.0 Å². The van der Waals surface area contributed by atoms with Gasteiger partial charge in [-0.1, -0.05) is 6.92 Å². The van der Waals surface area contributed by atoms with Crippen LogP contribution in [0.25, 0.3) is 10.9 Å². The van der Waals surface area contributed by atoms with Crippen LogP contribution in [0.5, 0.6) is 0 Å². The van der Waals surface area contributed by atoms with Crippen LogP contribution < -0.4 is 11.2 Å². The third-order valence-electron chi connectivity index (χ3n) is 4.84. The van der Waals surface area contributed by atoms with Crippen molar-refractivity contribution in [2.75, 3.05) is 13.1 Å². The largest absolute Gasteiger partial charge is 0.481 e. The number of carbonyl (C=O) groups excluding carboxylic acids is 1. The average Bonchev–Trinajstić information content (AvgIpc) is 2.60. The first kappa shape index (κ1) is 17.9. The molecule has 26 heavy (non-hydrogen) atoms. The van der Waals surface area contributed by atoms with Gasteiger partial charge < -0.3 is 15.0 Å². The maximum absolute atomic E-state index is 12.8. The molecule has 1 aliphatic rings. The number of hydrogen-bond acceptors (Lipinski definition) is 4. The van der Waals surface area contributed by atoms with E-state index in [0.717, 1.165) is 4.57 Å². The second-order valence-corrected chi connectivity index (χ2v) is 6.83. The minimum absolute atomic E-state index is 0.0887. The topological polar surface area (TPSA) is 112 Å². The van der Waals surface area contributed by atoms with E-state index >= 15 is 0 Å². The third-order valence-corrected chi connectivity index (χ3v) is 4.84. The zero-order chi connectivity index (χ0) is 19.0. The van der Waals surface area contributed by atoms with E-state index in [4.69, 9.17) is 0 Å². The summed E-state index contributed by atoms with van der Waals surface area (Å²) in [6.45, 7) is 4.52. The second kappa shape index (κ2) is 6.78. The number of benzene rings is 1. The molecule has 3 rings (SSSR count). The lowest BCUT2D eigenvalue weighted by atomic mass is 9.90. The lowest BCUT2D eigenvalue weighted by Crippen LogP contribution is -2.45. The van der Waals surface area contributed by atoms with E-state index < -0.39 is 23.1 Å². The lowest BCUT2D eigenvalue weighted by Gasteiger charge is -2.34. The molecule has 1 aromatic carbocycles. The molecule has 0 bridgehead atoms. The summed E-state index contributed by atoms with van der Waals surface area (Å²) in [5.74, 6) is -1.70. The number of carbonyl (C=O) groups is 2. The number of nitrogens with one attached hydrogen (secondary N) is 1. The van der Waals surface area contributed by atoms with Gasteiger partial charge in [0.2, 0.25) is 0 Å². The Morgan fingerprint density at radius 2 is 2.00 bits per heavy atom. The summed E-state index contributed by atoms with van der Waals surface area (Å²) >= 11 is 0. The summed E-state index contributed by atoms with van der Waals surface area (Å²) in [6, 6.07) is 4.55. The highest BCUT2D eigenvalue weighted by Gasteiger charge is 2.32. The van der Waals surface area contributed by atoms with E-state index in [9.17, 15) is 24.3 Å². The summed E-state index contributed by atoms with van der Waals surface area (Å²) in [6.07, 6.45) is 0.542. The number of H-pyrrole nitrogens is 1. The van der Waals surface area contributed by atoms with Crippen molar-refractivity contribution in [3.8, 4) is 0 Å². The summed E-state index contributed by atoms with van der Waals surface area (Å²) in [5, 5.41) is 9.60. The minimum atomic E-state index is -0.905. The molecule has 1 amide bonds. The van der Waals surface area contributed by atoms with Gasteiger partial charge >= 0.3 is 11.7 Å². The van der Waals surface area contributed by atoms with E-state index in [0.29, 0.717) is 29.4 Å². The molecule has 2 atom stereocenters. The number of carboxylic acid groups (broad SMARTS) is 1. The summed E-state index contributed by atoms with van der Waals surface area (Å²) < 4.78 is 1.09. The fourth-order valence-corrected chi connectivity index (χ4v) is 3.55. The van der Waals surface area contributed by atoms with E-state index in [1.54, 1.807) is 13.0 Å². The van der Waals surface area contributed by atoms with Crippen LogP contribution in [0.1, 0.15) is 30.6 Å². The zero-order valence-electron chi connectivity index (χ0n) is 14.7. The number of aromatic nitrogens is 2. The van der Waals surface area contributed by atoms with Crippen molar-refractivity contribution in [3.63, 3.8) is 0 Å². The molecule has 0 saturated carbocycles. The van der Waals surface area contributed by atoms with E-state index in [2.05, 4.69) is 4.98 Å². The van der Waals surface area contributed by atoms with Crippen molar-refractivity contribution in [2.24, 2.45) is 11.8 Å². The molecule has 138 valence electrons. The first-order valence-electron chi connectivity index (χ1n) is 8.60. The average molecular weight is 359 g/mol. The molecule has 0 radical (unpaired) electrons. The Labute approximate surface area is 149 Å². The first-order chi connectivity index (χ1) is 12.3. The van der Waals surface area contributed by atoms with Gasteiger partial charge in [0.15, 0.2) is 0 Å². The number of rotatable bonds is 3. The Kier molecular flexibility index (Phi) is 4.67. The van der Waals surface area contributed by atoms with Gasteiger partial charge in [-0.05, 0) is 37.5 Å². The molecular formula is C18H21N3O5. The standard InChI is InChI=1S/C18H21N3O5/c1-3-21-16(23)13-5-4-11(7-14(13)19-18(21)26)15(22)20-8-10(2)6-12(9-20)17(24)25/h4-5,7,10,12H,3,6,8-9H2,1-2H3,(H,19,26)(H,24,25). The maximum atomic E-state index is 12.8. The Hall–Kier alpha value is -2.90. The molecule has 1 aromatic heterocycles. The van der Waals surface area contributed by atoms with Crippen LogP contribution in [0.4, 0.5) is 0 Å². The molecule has 8 nitrogen and oxygen atoms in total. The van der Waals surface area contributed by atoms with Crippen molar-refractivity contribution < 1.29 is 14.7 Å². The minimum Gasteiger partial charge on any atom is -0.481 e. The Morgan fingerprint density at radius 1 is 1.27 bits per heavy atom. The molecule has 0 aliphatic carbocycles. The Bertz CT molecular complexity index is 990. The molecule has 2 heterocycles. The smallest absolute Gasteiger partial charge is 0.328 e. The summed E-state index contributed by atoms with van der Waals surface area (Å²) in [7, 11) is 0. The molecule has 1 aliphatic heterocycles. The number of fused-ring (bicyclic) bond motifs is 1. The van der Waals surface area contributed by atoms with Crippen molar-refractivity contribution in [3.05, 3.63) is 44.6 Å². The summed E-state index contributed by atoms with van der Waals surface area (Å²) in [4.78, 5) is 52.5. The number of amides is 1. The molecular weight excluding hydrogens is 338 g/mol. The van der Waals surface area contributed by atoms with Crippen molar-refractivity contribution in [1.82, 2.24) is 14.5 Å². The molecule has 0 spiro atoms. The SMILES string of the molecule is CCn1c(=O)[nH]c2cc(C(=O)N3CC(C)CC(C(=O)O)C3)ccc2c1=O. The van der Waals surface area contributed by atoms with Crippen molar-refractivity contribution in [2.45, 2.75) is 26.8 Å². The number of piperidine rings is 1. The van der Waals surface area contributed by atoms with Gasteiger partial charge in [0, 0.05) is 25.2 Å². The molecule has 8 heteroatoms. The van der Waals surface area contributed by atoms with Gasteiger partial charge in [0.05, 0.1) is 16.8 Å². The molecule has 1 fully saturated rings. The van der Waals surface area contributed by atoms with E-state index in [1.807, 2.05) is 6.92 Å². The van der Waals surface area contributed by atoms with Crippen LogP contribution in [-0.4, -0.2) is 44.5 Å². The quantitative estimate of drug-likeness (QED) is 0.845. The van der Waals surface area contributed by atoms with Crippen LogP contribution >= 0.6 is 0 Å². The fourth-order valence-electron chi connectivity index (χ4n) is 3.55. The molecule has 2 unspecified atom stereocenters. The van der Waals surface area contributed by atoms with Crippen molar-refractivity contribution >= 4 is 22.8 Å². The number of nitrogens with zero attached hydrogens (tertiary/aromatic N) is 2. The monoisotopic (exact) mass is 359 g/mol. The molecule has 1 saturated heterocycles. The van der Waals surface area contributed by atoms with Crippen LogP contribution in [-0.2, 0) is 11.3 Å². The number of hydrogen-bond donors (Lipinski definition) is 2. The van der Waals surface area contributed by atoms with Crippen LogP contribution in [0.3, 0.4) is 0 Å². The van der Waals surface area contributed by atoms with Gasteiger partial charge in [-0.2, -0.15) is 0 Å². The third kappa shape index (κ3) is 3.14. The number of likely N-dealkylation sites (tertiary alicyclic amines) is 1. The lowest BCUT2D eigenvalue weighted by molar-refractivity contribution is -0.143. The van der Waals surface area contributed by atoms with Gasteiger partial charge in [0.1, 0.15) is 0 Å². The van der Waals surface area contributed by atoms with E-state index in [-0.39, 0.29) is 24.9 Å². The first-order valence-corrected chi connectivity index (χ1v) is 8.60. The Morgan fingerprint density at radius 3 is 2.65 bits per heavy atom. The number of carboxylic acids is 1.